The molecule has 0 fully saturated rings. The van der Waals surface area contributed by atoms with E-state index in [0.717, 1.165) is 11.3 Å². The Morgan fingerprint density at radius 3 is 2.46 bits per heavy atom. The molecule has 0 saturated carbocycles. The van der Waals surface area contributed by atoms with Crippen molar-refractivity contribution in [3.63, 3.8) is 0 Å². The molecule has 4 rings (SSSR count). The number of ether oxygens (including phenoxy) is 2. The van der Waals surface area contributed by atoms with Crippen molar-refractivity contribution in [2.24, 2.45) is 0 Å². The molecule has 35 heavy (non-hydrogen) atoms. The molecule has 0 aromatic carbocycles. The van der Waals surface area contributed by atoms with Crippen molar-refractivity contribution < 1.29 is 19.1 Å². The maximum absolute atomic E-state index is 13.1. The summed E-state index contributed by atoms with van der Waals surface area (Å²) in [6.45, 7) is 1.80. The van der Waals surface area contributed by atoms with Gasteiger partial charge in [0.2, 0.25) is 10.1 Å². The highest BCUT2D eigenvalue weighted by molar-refractivity contribution is 7.17. The predicted molar refractivity (Wildman–Crippen MR) is 130 cm³/mol. The van der Waals surface area contributed by atoms with Crippen molar-refractivity contribution in [3.05, 3.63) is 64.3 Å². The third-order valence-corrected chi connectivity index (χ3v) is 5.73. The van der Waals surface area contributed by atoms with Crippen LogP contribution in [0, 0.1) is 6.92 Å². The van der Waals surface area contributed by atoms with Crippen LogP contribution in [0.3, 0.4) is 0 Å². The lowest BCUT2D eigenvalue weighted by molar-refractivity contribution is 0.101. The van der Waals surface area contributed by atoms with Crippen LogP contribution in [0.15, 0.2) is 42.9 Å². The van der Waals surface area contributed by atoms with Crippen molar-refractivity contribution in [2.45, 2.75) is 6.92 Å². The Labute approximate surface area is 208 Å². The second-order valence-electron chi connectivity index (χ2n) is 6.98. The van der Waals surface area contributed by atoms with Gasteiger partial charge in [0.25, 0.3) is 11.8 Å². The fourth-order valence-corrected chi connectivity index (χ4v) is 3.82. The number of pyridine rings is 3. The molecular weight excluding hydrogens is 494 g/mol. The zero-order valence-electron chi connectivity index (χ0n) is 18.7. The average Bonchev–Trinajstić information content (AvgIpc) is 3.33. The van der Waals surface area contributed by atoms with E-state index >= 15 is 0 Å². The Morgan fingerprint density at radius 2 is 1.74 bits per heavy atom. The van der Waals surface area contributed by atoms with Gasteiger partial charge in [-0.15, -0.1) is 10.2 Å². The van der Waals surface area contributed by atoms with Crippen LogP contribution in [0.25, 0.3) is 11.1 Å². The molecule has 0 atom stereocenters. The van der Waals surface area contributed by atoms with Crippen molar-refractivity contribution in [1.29, 1.82) is 0 Å². The van der Waals surface area contributed by atoms with E-state index in [1.807, 2.05) is 0 Å². The second-order valence-corrected chi connectivity index (χ2v) is 8.35. The minimum atomic E-state index is -0.519. The number of amides is 2. The Morgan fingerprint density at radius 1 is 0.914 bits per heavy atom. The van der Waals surface area contributed by atoms with Crippen molar-refractivity contribution in [1.82, 2.24) is 25.1 Å². The monoisotopic (exact) mass is 511 g/mol. The average molecular weight is 512 g/mol. The number of methoxy groups -OCH3 is 2. The van der Waals surface area contributed by atoms with Gasteiger partial charge in [-0.25, -0.2) is 9.97 Å². The highest BCUT2D eigenvalue weighted by atomic mass is 35.5. The number of aryl methyl sites for hydroxylation is 1. The number of nitrogens with zero attached hydrogens (tertiary/aromatic N) is 5. The van der Waals surface area contributed by atoms with Crippen LogP contribution in [0.5, 0.6) is 11.5 Å². The Bertz CT molecular complexity index is 1400. The van der Waals surface area contributed by atoms with E-state index in [9.17, 15) is 9.59 Å². The molecular formula is C22H18ClN7O4S. The number of aromatic nitrogens is 5. The van der Waals surface area contributed by atoms with Gasteiger partial charge in [0.15, 0.2) is 0 Å². The summed E-state index contributed by atoms with van der Waals surface area (Å²) in [5.41, 5.74) is 2.06. The smallest absolute Gasteiger partial charge is 0.287 e. The molecule has 0 aliphatic carbocycles. The third kappa shape index (κ3) is 5.50. The van der Waals surface area contributed by atoms with E-state index in [0.29, 0.717) is 34.1 Å². The molecule has 2 amide bonds. The van der Waals surface area contributed by atoms with E-state index in [2.05, 4.69) is 35.8 Å². The van der Waals surface area contributed by atoms with E-state index in [-0.39, 0.29) is 20.9 Å². The summed E-state index contributed by atoms with van der Waals surface area (Å²) in [6.07, 6.45) is 4.39. The lowest BCUT2D eigenvalue weighted by Gasteiger charge is -2.13. The molecule has 0 aliphatic heterocycles. The normalized spacial score (nSPS) is 10.5. The van der Waals surface area contributed by atoms with Crippen LogP contribution >= 0.6 is 22.9 Å². The first kappa shape index (κ1) is 24.0. The summed E-state index contributed by atoms with van der Waals surface area (Å²) < 4.78 is 10.4. The van der Waals surface area contributed by atoms with Crippen LogP contribution in [0.4, 0.5) is 10.9 Å². The van der Waals surface area contributed by atoms with Crippen LogP contribution in [-0.4, -0.2) is 51.2 Å². The SMILES string of the molecule is COc1ccc(NC(=O)c2nnc(NC(=O)c3cnc(C)cc3-c3cc(Cl)ncc3OC)s2)nc1. The number of anilines is 2. The molecule has 13 heteroatoms. The molecule has 4 aromatic heterocycles. The minimum absolute atomic E-state index is 0.0442. The fourth-order valence-electron chi connectivity index (χ4n) is 3.03. The van der Waals surface area contributed by atoms with Crippen LogP contribution in [0.1, 0.15) is 25.9 Å². The molecule has 178 valence electrons. The topological polar surface area (TPSA) is 141 Å². The van der Waals surface area contributed by atoms with E-state index in [4.69, 9.17) is 21.1 Å². The first-order chi connectivity index (χ1) is 16.9. The highest BCUT2D eigenvalue weighted by Gasteiger charge is 2.20. The lowest BCUT2D eigenvalue weighted by Crippen LogP contribution is -2.14. The maximum Gasteiger partial charge on any atom is 0.287 e. The van der Waals surface area contributed by atoms with Crippen LogP contribution in [0.2, 0.25) is 5.15 Å². The van der Waals surface area contributed by atoms with Gasteiger partial charge in [0.1, 0.15) is 22.5 Å². The Balaban J connectivity index is 1.54. The second kappa shape index (κ2) is 10.4. The number of nitrogens with one attached hydrogen (secondary N) is 2. The van der Waals surface area contributed by atoms with Gasteiger partial charge in [-0.1, -0.05) is 22.9 Å². The van der Waals surface area contributed by atoms with Gasteiger partial charge in [0, 0.05) is 23.0 Å². The van der Waals surface area contributed by atoms with E-state index in [1.165, 1.54) is 32.8 Å². The first-order valence-electron chi connectivity index (χ1n) is 10.0. The molecule has 4 aromatic rings. The number of carbonyl (C=O) groups is 2. The minimum Gasteiger partial charge on any atom is -0.495 e. The Hall–Kier alpha value is -4.16. The number of hydrogen-bond donors (Lipinski definition) is 2. The molecule has 0 unspecified atom stereocenters. The van der Waals surface area contributed by atoms with Crippen LogP contribution < -0.4 is 20.1 Å². The maximum atomic E-state index is 13.1. The van der Waals surface area contributed by atoms with Crippen molar-refractivity contribution in [3.8, 4) is 22.6 Å². The molecule has 11 nitrogen and oxygen atoms in total. The molecule has 2 N–H and O–H groups in total. The predicted octanol–water partition coefficient (Wildman–Crippen LogP) is 3.87. The van der Waals surface area contributed by atoms with E-state index in [1.54, 1.807) is 31.2 Å². The van der Waals surface area contributed by atoms with Crippen molar-refractivity contribution in [2.75, 3.05) is 24.9 Å². The molecule has 4 heterocycles. The molecule has 0 radical (unpaired) electrons. The van der Waals surface area contributed by atoms with E-state index < -0.39 is 11.8 Å². The van der Waals surface area contributed by atoms with Gasteiger partial charge in [0.05, 0.1) is 32.2 Å². The third-order valence-electron chi connectivity index (χ3n) is 4.68. The van der Waals surface area contributed by atoms with Gasteiger partial charge in [-0.2, -0.15) is 0 Å². The number of carbonyl (C=O) groups excluding carboxylic acids is 2. The summed E-state index contributed by atoms with van der Waals surface area (Å²) in [4.78, 5) is 37.9. The first-order valence-corrected chi connectivity index (χ1v) is 11.2. The summed E-state index contributed by atoms with van der Waals surface area (Å²) in [5.74, 6) is 0.297. The van der Waals surface area contributed by atoms with Gasteiger partial charge in [-0.05, 0) is 31.2 Å². The summed E-state index contributed by atoms with van der Waals surface area (Å²) in [6, 6.07) is 6.59. The molecule has 0 spiro atoms. The summed E-state index contributed by atoms with van der Waals surface area (Å²) in [5, 5.41) is 13.4. The summed E-state index contributed by atoms with van der Waals surface area (Å²) in [7, 11) is 3.02. The molecule has 0 aliphatic rings. The number of hydrogen-bond acceptors (Lipinski definition) is 10. The van der Waals surface area contributed by atoms with Gasteiger partial charge >= 0.3 is 0 Å². The molecule has 0 bridgehead atoms. The zero-order valence-corrected chi connectivity index (χ0v) is 20.3. The number of rotatable bonds is 7. The Kier molecular flexibility index (Phi) is 7.13. The standard InChI is InChI=1S/C22H18ClN7O4S/c1-11-6-13(14-7-17(23)25-10-16(14)34-3)15(9-24-11)19(31)28-22-30-29-21(35-22)20(32)27-18-5-4-12(33-2)8-26-18/h4-10H,1-3H3,(H,26,27,32)(H,28,30,31). The molecule has 0 saturated heterocycles. The lowest BCUT2D eigenvalue weighted by atomic mass is 10.0. The fraction of sp³-hybridized carbons (Fsp3) is 0.136. The van der Waals surface area contributed by atoms with Gasteiger partial charge in [-0.3, -0.25) is 19.9 Å². The largest absolute Gasteiger partial charge is 0.495 e. The van der Waals surface area contributed by atoms with Crippen LogP contribution in [-0.2, 0) is 0 Å². The number of halogens is 1. The van der Waals surface area contributed by atoms with Crippen molar-refractivity contribution >= 4 is 45.7 Å². The highest BCUT2D eigenvalue weighted by Crippen LogP contribution is 2.34. The quantitative estimate of drug-likeness (QED) is 0.353. The zero-order chi connectivity index (χ0) is 24.9. The summed E-state index contributed by atoms with van der Waals surface area (Å²) >= 11 is 6.99. The van der Waals surface area contributed by atoms with Gasteiger partial charge < -0.3 is 14.8 Å².